The molecule has 0 unspecified atom stereocenters. The lowest BCUT2D eigenvalue weighted by Gasteiger charge is -2.26. The molecule has 6 nitrogen and oxygen atoms in total. The van der Waals surface area contributed by atoms with Crippen molar-refractivity contribution in [3.8, 4) is 17.6 Å². The van der Waals surface area contributed by atoms with Gasteiger partial charge in [0.2, 0.25) is 0 Å². The number of nitriles is 1. The number of nitrogens with zero attached hydrogens (tertiary/aromatic N) is 2. The molecule has 2 rings (SSSR count). The Hall–Kier alpha value is -1.97. The van der Waals surface area contributed by atoms with E-state index in [1.807, 2.05) is 6.07 Å². The lowest BCUT2D eigenvalue weighted by Crippen LogP contribution is -2.37. The van der Waals surface area contributed by atoms with Crippen molar-refractivity contribution in [2.45, 2.75) is 6.42 Å². The number of morpholine rings is 1. The quantitative estimate of drug-likeness (QED) is 0.627. The molecular weight excluding hydrogens is 270 g/mol. The van der Waals surface area contributed by atoms with Crippen molar-refractivity contribution in [3.63, 3.8) is 0 Å². The number of hydrogen-bond donors (Lipinski definition) is 1. The zero-order valence-electron chi connectivity index (χ0n) is 12.3. The highest BCUT2D eigenvalue weighted by Crippen LogP contribution is 2.31. The molecule has 1 aliphatic heterocycles. The van der Waals surface area contributed by atoms with Crippen molar-refractivity contribution in [3.05, 3.63) is 17.7 Å². The lowest BCUT2D eigenvalue weighted by molar-refractivity contribution is 0.0357. The van der Waals surface area contributed by atoms with E-state index in [-0.39, 0.29) is 0 Å². The van der Waals surface area contributed by atoms with Crippen molar-refractivity contribution in [2.24, 2.45) is 0 Å². The van der Waals surface area contributed by atoms with Crippen LogP contribution in [-0.4, -0.2) is 51.5 Å². The molecule has 1 aromatic carbocycles. The van der Waals surface area contributed by atoms with Crippen LogP contribution in [0.5, 0.6) is 11.5 Å². The first-order valence-electron chi connectivity index (χ1n) is 7.05. The molecule has 114 valence electrons. The Kier molecular flexibility index (Phi) is 5.67. The summed E-state index contributed by atoms with van der Waals surface area (Å²) in [4.78, 5) is 2.35. The van der Waals surface area contributed by atoms with Gasteiger partial charge in [-0.05, 0) is 6.42 Å². The second kappa shape index (κ2) is 7.72. The van der Waals surface area contributed by atoms with Gasteiger partial charge in [-0.1, -0.05) is 0 Å². The molecular formula is C15H21N3O3. The summed E-state index contributed by atoms with van der Waals surface area (Å²) in [6, 6.07) is 5.30. The van der Waals surface area contributed by atoms with Gasteiger partial charge in [-0.15, -0.1) is 0 Å². The fraction of sp³-hybridized carbons (Fsp3) is 0.533. The third kappa shape index (κ3) is 4.25. The number of nitrogen functional groups attached to an aromatic ring is 1. The van der Waals surface area contributed by atoms with Gasteiger partial charge in [0.25, 0.3) is 0 Å². The van der Waals surface area contributed by atoms with Crippen LogP contribution in [0.25, 0.3) is 0 Å². The van der Waals surface area contributed by atoms with E-state index in [0.29, 0.717) is 29.4 Å². The van der Waals surface area contributed by atoms with E-state index in [0.717, 1.165) is 39.3 Å². The van der Waals surface area contributed by atoms with Crippen LogP contribution >= 0.6 is 0 Å². The summed E-state index contributed by atoms with van der Waals surface area (Å²) in [5, 5.41) is 9.00. The minimum Gasteiger partial charge on any atom is -0.493 e. The third-order valence-electron chi connectivity index (χ3n) is 3.44. The maximum atomic E-state index is 9.00. The molecule has 0 aliphatic carbocycles. The first-order valence-corrected chi connectivity index (χ1v) is 7.05. The largest absolute Gasteiger partial charge is 0.493 e. The zero-order chi connectivity index (χ0) is 15.1. The second-order valence-corrected chi connectivity index (χ2v) is 4.86. The molecule has 1 aromatic rings. The first kappa shape index (κ1) is 15.4. The van der Waals surface area contributed by atoms with Crippen LogP contribution in [-0.2, 0) is 4.74 Å². The molecule has 1 aliphatic rings. The van der Waals surface area contributed by atoms with Crippen molar-refractivity contribution in [1.29, 1.82) is 5.26 Å². The smallest absolute Gasteiger partial charge is 0.162 e. The highest BCUT2D eigenvalue weighted by molar-refractivity contribution is 5.62. The zero-order valence-corrected chi connectivity index (χ0v) is 12.3. The number of benzene rings is 1. The van der Waals surface area contributed by atoms with Gasteiger partial charge in [-0.3, -0.25) is 4.90 Å². The van der Waals surface area contributed by atoms with Crippen molar-refractivity contribution >= 4 is 5.69 Å². The molecule has 0 spiro atoms. The number of methoxy groups -OCH3 is 1. The molecule has 0 saturated carbocycles. The minimum atomic E-state index is 0.398. The van der Waals surface area contributed by atoms with Crippen molar-refractivity contribution in [1.82, 2.24) is 4.90 Å². The molecule has 2 N–H and O–H groups in total. The maximum absolute atomic E-state index is 9.00. The third-order valence-corrected chi connectivity index (χ3v) is 3.44. The molecule has 1 fully saturated rings. The maximum Gasteiger partial charge on any atom is 0.162 e. The number of anilines is 1. The van der Waals surface area contributed by atoms with Gasteiger partial charge in [0.15, 0.2) is 11.5 Å². The predicted octanol–water partition coefficient (Wildman–Crippen LogP) is 1.25. The van der Waals surface area contributed by atoms with Crippen LogP contribution in [0.4, 0.5) is 5.69 Å². The van der Waals surface area contributed by atoms with Gasteiger partial charge in [0.05, 0.1) is 38.2 Å². The van der Waals surface area contributed by atoms with Crippen LogP contribution in [0, 0.1) is 11.3 Å². The van der Waals surface area contributed by atoms with Gasteiger partial charge in [-0.25, -0.2) is 0 Å². The lowest BCUT2D eigenvalue weighted by atomic mass is 10.2. The molecule has 1 saturated heterocycles. The Bertz CT molecular complexity index is 508. The fourth-order valence-electron chi connectivity index (χ4n) is 2.24. The van der Waals surface area contributed by atoms with E-state index >= 15 is 0 Å². The van der Waals surface area contributed by atoms with E-state index in [4.69, 9.17) is 25.2 Å². The van der Waals surface area contributed by atoms with E-state index in [1.54, 1.807) is 19.2 Å². The summed E-state index contributed by atoms with van der Waals surface area (Å²) < 4.78 is 16.3. The SMILES string of the molecule is COc1cc(N)c(C#N)cc1OCCCN1CCOCC1. The molecule has 0 bridgehead atoms. The topological polar surface area (TPSA) is 80.7 Å². The molecule has 1 heterocycles. The van der Waals surface area contributed by atoms with E-state index < -0.39 is 0 Å². The summed E-state index contributed by atoms with van der Waals surface area (Å²) in [5.41, 5.74) is 6.55. The van der Waals surface area contributed by atoms with Gasteiger partial charge >= 0.3 is 0 Å². The van der Waals surface area contributed by atoms with Crippen molar-refractivity contribution in [2.75, 3.05) is 52.3 Å². The van der Waals surface area contributed by atoms with Crippen LogP contribution in [0.1, 0.15) is 12.0 Å². The Morgan fingerprint density at radius 2 is 2.10 bits per heavy atom. The summed E-state index contributed by atoms with van der Waals surface area (Å²) in [6.45, 7) is 5.11. The number of hydrogen-bond acceptors (Lipinski definition) is 6. The first-order chi connectivity index (χ1) is 10.2. The van der Waals surface area contributed by atoms with E-state index in [2.05, 4.69) is 4.90 Å². The molecule has 6 heteroatoms. The number of rotatable bonds is 6. The fourth-order valence-corrected chi connectivity index (χ4v) is 2.24. The summed E-state index contributed by atoms with van der Waals surface area (Å²) in [6.07, 6.45) is 0.912. The second-order valence-electron chi connectivity index (χ2n) is 4.86. The minimum absolute atomic E-state index is 0.398. The van der Waals surface area contributed by atoms with Gasteiger partial charge in [0, 0.05) is 31.8 Å². The summed E-state index contributed by atoms with van der Waals surface area (Å²) in [7, 11) is 1.56. The Morgan fingerprint density at radius 1 is 1.33 bits per heavy atom. The predicted molar refractivity (Wildman–Crippen MR) is 79.5 cm³/mol. The van der Waals surface area contributed by atoms with Crippen LogP contribution in [0.15, 0.2) is 12.1 Å². The van der Waals surface area contributed by atoms with Crippen LogP contribution < -0.4 is 15.2 Å². The van der Waals surface area contributed by atoms with E-state index in [1.165, 1.54) is 0 Å². The summed E-state index contributed by atoms with van der Waals surface area (Å²) in [5.74, 6) is 1.11. The molecule has 0 radical (unpaired) electrons. The number of ether oxygens (including phenoxy) is 3. The molecule has 0 amide bonds. The summed E-state index contributed by atoms with van der Waals surface area (Å²) >= 11 is 0. The Morgan fingerprint density at radius 3 is 2.76 bits per heavy atom. The highest BCUT2D eigenvalue weighted by atomic mass is 16.5. The Labute approximate surface area is 125 Å². The molecule has 0 aromatic heterocycles. The van der Waals surface area contributed by atoms with Gasteiger partial charge < -0.3 is 19.9 Å². The molecule has 0 atom stereocenters. The molecule has 21 heavy (non-hydrogen) atoms. The average molecular weight is 291 g/mol. The van der Waals surface area contributed by atoms with Crippen LogP contribution in [0.2, 0.25) is 0 Å². The number of nitrogens with two attached hydrogens (primary N) is 1. The highest BCUT2D eigenvalue weighted by Gasteiger charge is 2.11. The Balaban J connectivity index is 1.86. The average Bonchev–Trinajstić information content (AvgIpc) is 2.53. The van der Waals surface area contributed by atoms with E-state index in [9.17, 15) is 0 Å². The van der Waals surface area contributed by atoms with Crippen LogP contribution in [0.3, 0.4) is 0 Å². The van der Waals surface area contributed by atoms with Crippen molar-refractivity contribution < 1.29 is 14.2 Å². The van der Waals surface area contributed by atoms with Gasteiger partial charge in [-0.2, -0.15) is 5.26 Å². The standard InChI is InChI=1S/C15H21N3O3/c1-19-14-10-13(17)12(11-16)9-15(14)21-6-2-3-18-4-7-20-8-5-18/h9-10H,2-8,17H2,1H3. The normalized spacial score (nSPS) is 15.4. The van der Waals surface area contributed by atoms with Gasteiger partial charge in [0.1, 0.15) is 6.07 Å². The monoisotopic (exact) mass is 291 g/mol.